The average molecular weight is 290 g/mol. The molecule has 112 valence electrons. The Morgan fingerprint density at radius 3 is 2.16 bits per heavy atom. The summed E-state index contributed by atoms with van der Waals surface area (Å²) in [4.78, 5) is 12.3. The van der Waals surface area contributed by atoms with E-state index in [9.17, 15) is 9.36 Å². The first kappa shape index (κ1) is 16.9. The molecule has 1 fully saturated rings. The van der Waals surface area contributed by atoms with Crippen LogP contribution >= 0.6 is 7.60 Å². The van der Waals surface area contributed by atoms with Crippen LogP contribution in [0.2, 0.25) is 0 Å². The maximum atomic E-state index is 12.3. The molecule has 0 aromatic heterocycles. The predicted octanol–water partition coefficient (Wildman–Crippen LogP) is 4.04. The van der Waals surface area contributed by atoms with Gasteiger partial charge in [-0.1, -0.05) is 46.0 Å². The normalized spacial score (nSPS) is 18.5. The van der Waals surface area contributed by atoms with Gasteiger partial charge in [0.1, 0.15) is 6.16 Å². The van der Waals surface area contributed by atoms with Crippen LogP contribution < -0.4 is 0 Å². The average Bonchev–Trinajstić information content (AvgIpc) is 2.39. The Hall–Kier alpha value is -0.180. The van der Waals surface area contributed by atoms with Crippen LogP contribution in [-0.2, 0) is 18.4 Å². The molecule has 0 unspecified atom stereocenters. The van der Waals surface area contributed by atoms with Gasteiger partial charge in [-0.25, -0.2) is 0 Å². The number of carbonyl (C=O) groups excluding carboxylic acids is 1. The van der Waals surface area contributed by atoms with E-state index in [1.807, 2.05) is 13.8 Å². The third-order valence-corrected chi connectivity index (χ3v) is 5.96. The van der Waals surface area contributed by atoms with Crippen LogP contribution in [0, 0.1) is 11.3 Å². The van der Waals surface area contributed by atoms with Gasteiger partial charge in [-0.15, -0.1) is 0 Å². The number of hydrogen-bond acceptors (Lipinski definition) is 4. The van der Waals surface area contributed by atoms with Gasteiger partial charge in [0.05, 0.1) is 0 Å². The highest BCUT2D eigenvalue weighted by molar-refractivity contribution is 7.54. The van der Waals surface area contributed by atoms with Gasteiger partial charge in [-0.2, -0.15) is 0 Å². The van der Waals surface area contributed by atoms with Gasteiger partial charge in [-0.3, -0.25) is 9.36 Å². The minimum atomic E-state index is -3.24. The fourth-order valence-electron chi connectivity index (χ4n) is 2.82. The summed E-state index contributed by atoms with van der Waals surface area (Å²) in [5.41, 5.74) is -0.450. The van der Waals surface area contributed by atoms with Gasteiger partial charge in [0.2, 0.25) is 0 Å². The second-order valence-electron chi connectivity index (χ2n) is 6.15. The molecule has 0 bridgehead atoms. The summed E-state index contributed by atoms with van der Waals surface area (Å²) in [7, 11) is -0.586. The van der Waals surface area contributed by atoms with E-state index in [1.54, 1.807) is 0 Å². The van der Waals surface area contributed by atoms with Crippen LogP contribution in [0.1, 0.15) is 52.4 Å². The monoisotopic (exact) mass is 290 g/mol. The van der Waals surface area contributed by atoms with E-state index in [4.69, 9.17) is 9.05 Å². The Labute approximate surface area is 116 Å². The molecule has 0 radical (unpaired) electrons. The lowest BCUT2D eigenvalue weighted by Gasteiger charge is -2.31. The topological polar surface area (TPSA) is 52.6 Å². The molecule has 4 nitrogen and oxygen atoms in total. The van der Waals surface area contributed by atoms with E-state index in [0.29, 0.717) is 5.92 Å². The second-order valence-corrected chi connectivity index (χ2v) is 8.42. The summed E-state index contributed by atoms with van der Waals surface area (Å²) >= 11 is 0. The van der Waals surface area contributed by atoms with Crippen molar-refractivity contribution in [2.45, 2.75) is 52.4 Å². The van der Waals surface area contributed by atoms with E-state index < -0.39 is 13.0 Å². The van der Waals surface area contributed by atoms with Crippen molar-refractivity contribution in [3.63, 3.8) is 0 Å². The van der Waals surface area contributed by atoms with Crippen LogP contribution in [0.5, 0.6) is 0 Å². The zero-order valence-electron chi connectivity index (χ0n) is 12.6. The quantitative estimate of drug-likeness (QED) is 0.664. The van der Waals surface area contributed by atoms with Gasteiger partial charge in [0.15, 0.2) is 5.78 Å². The zero-order chi connectivity index (χ0) is 14.5. The first-order chi connectivity index (χ1) is 8.83. The van der Waals surface area contributed by atoms with E-state index in [1.165, 1.54) is 46.3 Å². The molecule has 0 atom stereocenters. The predicted molar refractivity (Wildman–Crippen MR) is 76.5 cm³/mol. The summed E-state index contributed by atoms with van der Waals surface area (Å²) in [6, 6.07) is 0. The fraction of sp³-hybridized carbons (Fsp3) is 0.929. The molecule has 0 saturated heterocycles. The minimum absolute atomic E-state index is 0.0230. The molecule has 1 rings (SSSR count). The number of ketones is 1. The summed E-state index contributed by atoms with van der Waals surface area (Å²) < 4.78 is 21.7. The summed E-state index contributed by atoms with van der Waals surface area (Å²) in [6.07, 6.45) is 7.02. The van der Waals surface area contributed by atoms with Crippen molar-refractivity contribution in [1.29, 1.82) is 0 Å². The lowest BCUT2D eigenvalue weighted by molar-refractivity contribution is -0.125. The lowest BCUT2D eigenvalue weighted by atomic mass is 9.75. The van der Waals surface area contributed by atoms with E-state index in [0.717, 1.165) is 6.42 Å². The zero-order valence-corrected chi connectivity index (χ0v) is 13.5. The third kappa shape index (κ3) is 5.02. The standard InChI is InChI=1S/C14H27O4P/c1-14(2,10-12-8-6-5-7-9-12)13(15)11-19(16,17-3)18-4/h12H,5-11H2,1-4H3. The molecule has 19 heavy (non-hydrogen) atoms. The molecule has 1 aliphatic carbocycles. The molecule has 5 heteroatoms. The van der Waals surface area contributed by atoms with E-state index in [2.05, 4.69) is 0 Å². The first-order valence-electron chi connectivity index (χ1n) is 7.07. The Morgan fingerprint density at radius 2 is 1.68 bits per heavy atom. The maximum Gasteiger partial charge on any atom is 0.337 e. The Morgan fingerprint density at radius 1 is 1.16 bits per heavy atom. The van der Waals surface area contributed by atoms with Gasteiger partial charge in [0, 0.05) is 19.6 Å². The Kier molecular flexibility index (Phi) is 6.22. The minimum Gasteiger partial charge on any atom is -0.312 e. The number of rotatable bonds is 7. The third-order valence-electron chi connectivity index (χ3n) is 4.17. The highest BCUT2D eigenvalue weighted by atomic mass is 31.2. The van der Waals surface area contributed by atoms with Gasteiger partial charge in [0.25, 0.3) is 0 Å². The molecule has 1 aliphatic rings. The molecule has 0 aliphatic heterocycles. The molecule has 0 aromatic carbocycles. The van der Waals surface area contributed by atoms with Crippen LogP contribution in [0.3, 0.4) is 0 Å². The SMILES string of the molecule is COP(=O)(CC(=O)C(C)(C)CC1CCCCC1)OC. The van der Waals surface area contributed by atoms with Crippen molar-refractivity contribution in [2.75, 3.05) is 20.4 Å². The molecular weight excluding hydrogens is 263 g/mol. The molecule has 0 aromatic rings. The van der Waals surface area contributed by atoms with E-state index in [-0.39, 0.29) is 11.9 Å². The largest absolute Gasteiger partial charge is 0.337 e. The number of hydrogen-bond donors (Lipinski definition) is 0. The molecule has 0 amide bonds. The van der Waals surface area contributed by atoms with Crippen LogP contribution in [0.15, 0.2) is 0 Å². The number of carbonyl (C=O) groups is 1. The summed E-state index contributed by atoms with van der Waals surface area (Å²) in [6.45, 7) is 3.89. The van der Waals surface area contributed by atoms with Crippen LogP contribution in [0.25, 0.3) is 0 Å². The second kappa shape index (κ2) is 7.01. The smallest absolute Gasteiger partial charge is 0.312 e. The summed E-state index contributed by atoms with van der Waals surface area (Å²) in [5.74, 6) is 0.599. The molecule has 1 saturated carbocycles. The van der Waals surface area contributed by atoms with Crippen LogP contribution in [0.4, 0.5) is 0 Å². The summed E-state index contributed by atoms with van der Waals surface area (Å²) in [5, 5.41) is 0. The highest BCUT2D eigenvalue weighted by Gasteiger charge is 2.36. The maximum absolute atomic E-state index is 12.3. The Balaban J connectivity index is 2.60. The first-order valence-corrected chi connectivity index (χ1v) is 8.79. The van der Waals surface area contributed by atoms with Crippen molar-refractivity contribution >= 4 is 13.4 Å². The van der Waals surface area contributed by atoms with E-state index >= 15 is 0 Å². The molecule has 0 heterocycles. The van der Waals surface area contributed by atoms with Gasteiger partial charge < -0.3 is 9.05 Å². The van der Waals surface area contributed by atoms with Crippen molar-refractivity contribution < 1.29 is 18.4 Å². The number of Topliss-reactive ketones (excluding diaryl/α,β-unsaturated/α-hetero) is 1. The van der Waals surface area contributed by atoms with Crippen molar-refractivity contribution in [3.05, 3.63) is 0 Å². The lowest BCUT2D eigenvalue weighted by Crippen LogP contribution is -2.30. The molecular formula is C14H27O4P. The van der Waals surface area contributed by atoms with Gasteiger partial charge >= 0.3 is 7.60 Å². The van der Waals surface area contributed by atoms with Crippen molar-refractivity contribution in [1.82, 2.24) is 0 Å². The van der Waals surface area contributed by atoms with Crippen LogP contribution in [-0.4, -0.2) is 26.2 Å². The molecule has 0 spiro atoms. The highest BCUT2D eigenvalue weighted by Crippen LogP contribution is 2.48. The van der Waals surface area contributed by atoms with Crippen molar-refractivity contribution in [3.8, 4) is 0 Å². The molecule has 0 N–H and O–H groups in total. The van der Waals surface area contributed by atoms with Crippen molar-refractivity contribution in [2.24, 2.45) is 11.3 Å². The fourth-order valence-corrected chi connectivity index (χ4v) is 4.01. The van der Waals surface area contributed by atoms with Gasteiger partial charge in [-0.05, 0) is 12.3 Å². The Bertz CT molecular complexity index is 337.